The van der Waals surface area contributed by atoms with Crippen molar-refractivity contribution in [2.24, 2.45) is 0 Å². The van der Waals surface area contributed by atoms with E-state index in [0.29, 0.717) is 20.0 Å². The number of carbonyl (C=O) groups is 1. The van der Waals surface area contributed by atoms with Gasteiger partial charge in [0.15, 0.2) is 0 Å². The lowest BCUT2D eigenvalue weighted by molar-refractivity contribution is 0.00578. The van der Waals surface area contributed by atoms with Crippen molar-refractivity contribution in [3.8, 4) is 0 Å². The van der Waals surface area contributed by atoms with Gasteiger partial charge in [-0.3, -0.25) is 0 Å². The van der Waals surface area contributed by atoms with E-state index in [0.717, 1.165) is 5.56 Å². The van der Waals surface area contributed by atoms with Crippen LogP contribution in [0.1, 0.15) is 38.8 Å². The van der Waals surface area contributed by atoms with Crippen LogP contribution in [0, 0.1) is 5.82 Å². The molecular weight excluding hydrogens is 544 g/mol. The molecule has 0 unspecified atom stereocenters. The summed E-state index contributed by atoms with van der Waals surface area (Å²) in [4.78, 5) is 12.3. The zero-order chi connectivity index (χ0) is 23.5. The number of halogens is 3. The molecule has 1 N–H and O–H groups in total. The zero-order valence-electron chi connectivity index (χ0n) is 18.4. The van der Waals surface area contributed by atoms with Gasteiger partial charge in [0.25, 0.3) is 0 Å². The van der Waals surface area contributed by atoms with E-state index >= 15 is 0 Å². The van der Waals surface area contributed by atoms with Gasteiger partial charge in [0.05, 0.1) is 11.2 Å². The molecule has 3 rings (SSSR count). The molecule has 0 bridgehead atoms. The van der Waals surface area contributed by atoms with Gasteiger partial charge in [-0.2, -0.15) is 0 Å². The Morgan fingerprint density at radius 3 is 2.22 bits per heavy atom. The Labute approximate surface area is 205 Å². The molecule has 1 fully saturated rings. The Hall–Kier alpha value is -1.68. The van der Waals surface area contributed by atoms with Gasteiger partial charge in [-0.1, -0.05) is 68.3 Å². The summed E-state index contributed by atoms with van der Waals surface area (Å²) in [6.45, 7) is 8.11. The van der Waals surface area contributed by atoms with Crippen LogP contribution in [0.2, 0.25) is 0 Å². The quantitative estimate of drug-likeness (QED) is 0.416. The van der Waals surface area contributed by atoms with Gasteiger partial charge < -0.3 is 19.4 Å². The van der Waals surface area contributed by atoms with Crippen LogP contribution in [0.4, 0.5) is 9.18 Å². The number of hydrogen-bond acceptors (Lipinski definition) is 4. The second kappa shape index (κ2) is 10.1. The van der Waals surface area contributed by atoms with Crippen LogP contribution in [0.15, 0.2) is 56.9 Å². The van der Waals surface area contributed by atoms with Gasteiger partial charge in [0.1, 0.15) is 12.4 Å². The topological polar surface area (TPSA) is 56.8 Å². The third-order valence-corrected chi connectivity index (χ3v) is 6.89. The predicted octanol–water partition coefficient (Wildman–Crippen LogP) is 6.29. The molecular formula is C23H25BBr2FNO4. The number of nitrogens with one attached hydrogen (secondary N) is 1. The average molecular weight is 569 g/mol. The number of alkyl carbamates (subject to hydrolysis) is 1. The van der Waals surface area contributed by atoms with E-state index in [4.69, 9.17) is 14.0 Å². The van der Waals surface area contributed by atoms with E-state index in [1.165, 1.54) is 12.1 Å². The summed E-state index contributed by atoms with van der Waals surface area (Å²) in [5, 5.41) is 2.76. The van der Waals surface area contributed by atoms with Crippen molar-refractivity contribution in [1.29, 1.82) is 0 Å². The molecule has 5 nitrogen and oxygen atoms in total. The fourth-order valence-electron chi connectivity index (χ4n) is 3.02. The van der Waals surface area contributed by atoms with E-state index in [-0.39, 0.29) is 19.0 Å². The van der Waals surface area contributed by atoms with Gasteiger partial charge in [-0.25, -0.2) is 9.18 Å². The number of ether oxygens (including phenoxy) is 1. The number of benzene rings is 2. The smallest absolute Gasteiger partial charge is 0.445 e. The van der Waals surface area contributed by atoms with Gasteiger partial charge in [-0.05, 0) is 50.9 Å². The van der Waals surface area contributed by atoms with Crippen molar-refractivity contribution in [2.45, 2.75) is 45.5 Å². The Bertz CT molecular complexity index is 975. The molecule has 32 heavy (non-hydrogen) atoms. The van der Waals surface area contributed by atoms with E-state index in [2.05, 4.69) is 37.2 Å². The summed E-state index contributed by atoms with van der Waals surface area (Å²) < 4.78 is 32.5. The monoisotopic (exact) mass is 567 g/mol. The zero-order valence-corrected chi connectivity index (χ0v) is 21.5. The number of carbonyl (C=O) groups excluding carboxylic acids is 1. The van der Waals surface area contributed by atoms with Crippen LogP contribution >= 0.6 is 31.9 Å². The highest BCUT2D eigenvalue weighted by Crippen LogP contribution is 2.39. The molecule has 2 aromatic carbocycles. The minimum Gasteiger partial charge on any atom is -0.445 e. The Kier molecular flexibility index (Phi) is 7.86. The minimum atomic E-state index is -0.696. The summed E-state index contributed by atoms with van der Waals surface area (Å²) in [6, 6.07) is 12.2. The van der Waals surface area contributed by atoms with Crippen molar-refractivity contribution >= 4 is 51.1 Å². The molecule has 2 aromatic rings. The van der Waals surface area contributed by atoms with E-state index in [9.17, 15) is 9.18 Å². The molecule has 0 radical (unpaired) electrons. The molecule has 0 saturated carbocycles. The molecule has 1 saturated heterocycles. The van der Waals surface area contributed by atoms with E-state index < -0.39 is 24.4 Å². The first-order valence-corrected chi connectivity index (χ1v) is 11.7. The Morgan fingerprint density at radius 2 is 1.66 bits per heavy atom. The molecule has 0 spiro atoms. The first-order valence-electron chi connectivity index (χ1n) is 10.1. The predicted molar refractivity (Wildman–Crippen MR) is 130 cm³/mol. The van der Waals surface area contributed by atoms with Crippen molar-refractivity contribution in [2.75, 3.05) is 6.54 Å². The second-order valence-electron chi connectivity index (χ2n) is 8.51. The first kappa shape index (κ1) is 25.0. The van der Waals surface area contributed by atoms with Gasteiger partial charge in [0, 0.05) is 21.1 Å². The van der Waals surface area contributed by atoms with E-state index in [1.54, 1.807) is 0 Å². The Balaban J connectivity index is 1.79. The maximum Gasteiger partial charge on any atom is 0.492 e. The van der Waals surface area contributed by atoms with Crippen molar-refractivity contribution in [3.05, 3.63) is 73.8 Å². The summed E-state index contributed by atoms with van der Waals surface area (Å²) in [6.07, 6.45) is 1.25. The SMILES string of the molecule is CC1(C)OB(C(=Cc2c(Br)cc(F)cc2Br)CNC(=O)OCc2ccccc2)OC1(C)C. The van der Waals surface area contributed by atoms with Crippen LogP contribution in [-0.2, 0) is 20.7 Å². The molecule has 1 aliphatic rings. The standard InChI is InChI=1S/C23H25BBr2FNO4/c1-22(2)23(3,4)32-24(31-22)16(10-18-19(25)11-17(27)12-20(18)26)13-28-21(29)30-14-15-8-6-5-7-9-15/h5-12H,13-14H2,1-4H3,(H,28,29). The lowest BCUT2D eigenvalue weighted by Crippen LogP contribution is -2.41. The summed E-state index contributed by atoms with van der Waals surface area (Å²) in [7, 11) is -0.696. The normalized spacial score (nSPS) is 17.3. The van der Waals surface area contributed by atoms with Gasteiger partial charge in [-0.15, -0.1) is 0 Å². The maximum atomic E-state index is 13.7. The average Bonchev–Trinajstić information content (AvgIpc) is 2.93. The largest absolute Gasteiger partial charge is 0.492 e. The molecule has 1 amide bonds. The molecule has 1 aliphatic heterocycles. The fraction of sp³-hybridized carbons (Fsp3) is 0.348. The molecule has 170 valence electrons. The molecule has 0 aromatic heterocycles. The highest BCUT2D eigenvalue weighted by molar-refractivity contribution is 9.11. The van der Waals surface area contributed by atoms with Crippen LogP contribution in [0.5, 0.6) is 0 Å². The van der Waals surface area contributed by atoms with Crippen LogP contribution < -0.4 is 5.32 Å². The number of hydrogen-bond donors (Lipinski definition) is 1. The minimum absolute atomic E-state index is 0.126. The third kappa shape index (κ3) is 6.01. The number of amides is 1. The van der Waals surface area contributed by atoms with Crippen molar-refractivity contribution in [1.82, 2.24) is 5.32 Å². The first-order chi connectivity index (χ1) is 15.0. The summed E-state index contributed by atoms with van der Waals surface area (Å²) in [5.41, 5.74) is 1.15. The maximum absolute atomic E-state index is 13.7. The fourth-order valence-corrected chi connectivity index (χ4v) is 4.38. The van der Waals surface area contributed by atoms with E-state index in [1.807, 2.05) is 64.1 Å². The highest BCUT2D eigenvalue weighted by atomic mass is 79.9. The van der Waals surface area contributed by atoms with Crippen LogP contribution in [-0.4, -0.2) is 31.0 Å². The lowest BCUT2D eigenvalue weighted by Gasteiger charge is -2.32. The summed E-state index contributed by atoms with van der Waals surface area (Å²) >= 11 is 6.80. The molecule has 1 heterocycles. The van der Waals surface area contributed by atoms with Crippen molar-refractivity contribution < 1.29 is 23.2 Å². The van der Waals surface area contributed by atoms with Crippen molar-refractivity contribution in [3.63, 3.8) is 0 Å². The molecule has 0 atom stereocenters. The number of rotatable bonds is 6. The highest BCUT2D eigenvalue weighted by Gasteiger charge is 2.52. The van der Waals surface area contributed by atoms with Gasteiger partial charge >= 0.3 is 13.2 Å². The van der Waals surface area contributed by atoms with Crippen LogP contribution in [0.25, 0.3) is 6.08 Å². The molecule has 9 heteroatoms. The summed E-state index contributed by atoms with van der Waals surface area (Å²) in [5.74, 6) is -0.374. The second-order valence-corrected chi connectivity index (χ2v) is 10.2. The molecule has 0 aliphatic carbocycles. The van der Waals surface area contributed by atoms with Gasteiger partial charge in [0.2, 0.25) is 0 Å². The van der Waals surface area contributed by atoms with Crippen LogP contribution in [0.3, 0.4) is 0 Å². The Morgan fingerprint density at radius 1 is 1.09 bits per heavy atom. The lowest BCUT2D eigenvalue weighted by atomic mass is 9.77. The third-order valence-electron chi connectivity index (χ3n) is 5.58.